The molecule has 0 aliphatic rings. The van der Waals surface area contributed by atoms with E-state index in [0.29, 0.717) is 11.6 Å². The third-order valence-corrected chi connectivity index (χ3v) is 3.39. The molecule has 4 nitrogen and oxygen atoms in total. The summed E-state index contributed by atoms with van der Waals surface area (Å²) >= 11 is 5.91. The molecule has 0 radical (unpaired) electrons. The fourth-order valence-corrected chi connectivity index (χ4v) is 2.30. The number of carbonyl (C=O) groups is 1. The second-order valence-corrected chi connectivity index (χ2v) is 5.03. The Balaban J connectivity index is 2.97. The first-order valence-electron chi connectivity index (χ1n) is 6.45. The highest BCUT2D eigenvalue weighted by Crippen LogP contribution is 2.24. The molecule has 1 amide bonds. The van der Waals surface area contributed by atoms with Gasteiger partial charge in [0.25, 0.3) is 0 Å². The number of nitrogens with one attached hydrogen (secondary N) is 1. The third kappa shape index (κ3) is 4.49. The number of benzene rings is 1. The summed E-state index contributed by atoms with van der Waals surface area (Å²) in [6, 6.07) is 7.54. The molecule has 2 unspecified atom stereocenters. The van der Waals surface area contributed by atoms with Crippen molar-refractivity contribution in [3.63, 3.8) is 0 Å². The highest BCUT2D eigenvalue weighted by atomic mass is 35.5. The van der Waals surface area contributed by atoms with Gasteiger partial charge in [0, 0.05) is 18.1 Å². The van der Waals surface area contributed by atoms with E-state index in [-0.39, 0.29) is 18.0 Å². The molecule has 1 aromatic carbocycles. The molecule has 0 heterocycles. The molecule has 3 N–H and O–H groups in total. The number of hydrogen-bond acceptors (Lipinski definition) is 3. The minimum absolute atomic E-state index is 0.000401. The van der Waals surface area contributed by atoms with Gasteiger partial charge in [-0.25, -0.2) is 0 Å². The van der Waals surface area contributed by atoms with E-state index in [0.717, 1.165) is 12.1 Å². The normalized spacial score (nSPS) is 14.2. The fraction of sp³-hybridized carbons (Fsp3) is 0.500. The van der Waals surface area contributed by atoms with Crippen molar-refractivity contribution in [2.75, 3.05) is 20.1 Å². The van der Waals surface area contributed by atoms with E-state index in [1.165, 1.54) is 0 Å². The smallest absolute Gasteiger partial charge is 0.233 e. The van der Waals surface area contributed by atoms with Gasteiger partial charge in [-0.3, -0.25) is 9.69 Å². The number of hydrogen-bond donors (Lipinski definition) is 2. The number of nitrogens with zero attached hydrogens (tertiary/aromatic N) is 1. The quantitative estimate of drug-likeness (QED) is 0.837. The number of amides is 1. The van der Waals surface area contributed by atoms with Gasteiger partial charge >= 0.3 is 0 Å². The molecular formula is C14H22ClN3O. The molecular weight excluding hydrogens is 262 g/mol. The van der Waals surface area contributed by atoms with Crippen molar-refractivity contribution in [2.45, 2.75) is 25.9 Å². The zero-order chi connectivity index (χ0) is 14.4. The van der Waals surface area contributed by atoms with Gasteiger partial charge in [-0.2, -0.15) is 0 Å². The van der Waals surface area contributed by atoms with Crippen LogP contribution in [0.1, 0.15) is 25.5 Å². The van der Waals surface area contributed by atoms with Crippen LogP contribution in [0.25, 0.3) is 0 Å². The maximum Gasteiger partial charge on any atom is 0.233 e. The molecule has 1 rings (SSSR count). The van der Waals surface area contributed by atoms with Crippen LogP contribution in [0.4, 0.5) is 0 Å². The minimum Gasteiger partial charge on any atom is -0.358 e. The summed E-state index contributed by atoms with van der Waals surface area (Å²) < 4.78 is 0. The first-order valence-corrected chi connectivity index (χ1v) is 6.83. The Labute approximate surface area is 119 Å². The monoisotopic (exact) mass is 283 g/mol. The molecule has 0 aliphatic heterocycles. The van der Waals surface area contributed by atoms with E-state index in [1.54, 1.807) is 7.05 Å². The van der Waals surface area contributed by atoms with E-state index in [4.69, 9.17) is 17.3 Å². The summed E-state index contributed by atoms with van der Waals surface area (Å²) in [5.74, 6) is -0.0125. The van der Waals surface area contributed by atoms with Crippen LogP contribution in [0, 0.1) is 0 Å². The van der Waals surface area contributed by atoms with Crippen molar-refractivity contribution in [3.05, 3.63) is 34.9 Å². The lowest BCUT2D eigenvalue weighted by Gasteiger charge is -2.33. The number of halogens is 1. The molecule has 2 atom stereocenters. The van der Waals surface area contributed by atoms with Crippen molar-refractivity contribution in [2.24, 2.45) is 5.73 Å². The van der Waals surface area contributed by atoms with Crippen LogP contribution >= 0.6 is 11.6 Å². The highest BCUT2D eigenvalue weighted by Gasteiger charge is 2.24. The Morgan fingerprint density at radius 3 is 2.42 bits per heavy atom. The fourth-order valence-electron chi connectivity index (χ4n) is 2.18. The van der Waals surface area contributed by atoms with Crippen molar-refractivity contribution in [1.82, 2.24) is 10.2 Å². The first-order chi connectivity index (χ1) is 8.99. The number of likely N-dealkylation sites (N-methyl/N-ethyl adjacent to an activating group) is 2. The Bertz CT molecular complexity index is 406. The lowest BCUT2D eigenvalue weighted by molar-refractivity contribution is -0.122. The highest BCUT2D eigenvalue weighted by molar-refractivity contribution is 6.30. The lowest BCUT2D eigenvalue weighted by atomic mass is 9.99. The first kappa shape index (κ1) is 16.0. The van der Waals surface area contributed by atoms with E-state index < -0.39 is 0 Å². The summed E-state index contributed by atoms with van der Waals surface area (Å²) in [7, 11) is 1.64. The van der Waals surface area contributed by atoms with Crippen LogP contribution in [-0.4, -0.2) is 37.0 Å². The molecule has 0 fully saturated rings. The molecule has 0 aliphatic carbocycles. The van der Waals surface area contributed by atoms with E-state index in [9.17, 15) is 4.79 Å². The summed E-state index contributed by atoms with van der Waals surface area (Å²) in [6.45, 7) is 5.06. The molecule has 0 aromatic heterocycles. The number of nitrogens with two attached hydrogens (primary N) is 1. The van der Waals surface area contributed by atoms with Gasteiger partial charge in [0.1, 0.15) is 0 Å². The van der Waals surface area contributed by atoms with Gasteiger partial charge in [0.05, 0.1) is 12.6 Å². The number of carbonyl (C=O) groups excluding carboxylic acids is 1. The average molecular weight is 284 g/mol. The van der Waals surface area contributed by atoms with Gasteiger partial charge in [0.2, 0.25) is 5.91 Å². The molecule has 19 heavy (non-hydrogen) atoms. The predicted octanol–water partition coefficient (Wildman–Crippen LogP) is 1.80. The predicted molar refractivity (Wildman–Crippen MR) is 79.2 cm³/mol. The van der Waals surface area contributed by atoms with Gasteiger partial charge < -0.3 is 11.1 Å². The average Bonchev–Trinajstić information content (AvgIpc) is 2.39. The van der Waals surface area contributed by atoms with E-state index in [2.05, 4.69) is 10.2 Å². The molecule has 1 aromatic rings. The lowest BCUT2D eigenvalue weighted by Crippen LogP contribution is -2.44. The van der Waals surface area contributed by atoms with Crippen molar-refractivity contribution in [3.8, 4) is 0 Å². The largest absolute Gasteiger partial charge is 0.358 e. The Hall–Kier alpha value is -1.10. The molecule has 0 saturated carbocycles. The van der Waals surface area contributed by atoms with E-state index >= 15 is 0 Å². The summed E-state index contributed by atoms with van der Waals surface area (Å²) in [5, 5.41) is 3.34. The SMILES string of the molecule is CCN(CC(=O)NC)C(c1ccc(Cl)cc1)C(C)N. The third-order valence-electron chi connectivity index (χ3n) is 3.13. The maximum absolute atomic E-state index is 11.6. The van der Waals surface area contributed by atoms with Gasteiger partial charge in [-0.05, 0) is 31.2 Å². The Morgan fingerprint density at radius 2 is 2.00 bits per heavy atom. The molecule has 5 heteroatoms. The topological polar surface area (TPSA) is 58.4 Å². The minimum atomic E-state index is -0.0780. The maximum atomic E-state index is 11.6. The van der Waals surface area contributed by atoms with Gasteiger partial charge in [0.15, 0.2) is 0 Å². The van der Waals surface area contributed by atoms with Crippen molar-refractivity contribution >= 4 is 17.5 Å². The summed E-state index contributed by atoms with van der Waals surface area (Å²) in [4.78, 5) is 13.6. The van der Waals surface area contributed by atoms with Crippen LogP contribution in [0.5, 0.6) is 0 Å². The molecule has 0 saturated heterocycles. The molecule has 0 bridgehead atoms. The van der Waals surface area contributed by atoms with Crippen molar-refractivity contribution < 1.29 is 4.79 Å². The van der Waals surface area contributed by atoms with Crippen molar-refractivity contribution in [1.29, 1.82) is 0 Å². The van der Waals surface area contributed by atoms with Gasteiger partial charge in [-0.15, -0.1) is 0 Å². The summed E-state index contributed by atoms with van der Waals surface area (Å²) in [6.07, 6.45) is 0. The van der Waals surface area contributed by atoms with Crippen LogP contribution < -0.4 is 11.1 Å². The Kier molecular flexibility index (Phi) is 6.28. The van der Waals surface area contributed by atoms with Crippen LogP contribution in [0.15, 0.2) is 24.3 Å². The second-order valence-electron chi connectivity index (χ2n) is 4.59. The Morgan fingerprint density at radius 1 is 1.42 bits per heavy atom. The van der Waals surface area contributed by atoms with Gasteiger partial charge in [-0.1, -0.05) is 30.7 Å². The second kappa shape index (κ2) is 7.48. The molecule has 0 spiro atoms. The zero-order valence-corrected chi connectivity index (χ0v) is 12.4. The van der Waals surface area contributed by atoms with Crippen LogP contribution in [0.2, 0.25) is 5.02 Å². The van der Waals surface area contributed by atoms with E-state index in [1.807, 2.05) is 38.1 Å². The van der Waals surface area contributed by atoms with Crippen LogP contribution in [0.3, 0.4) is 0 Å². The zero-order valence-electron chi connectivity index (χ0n) is 11.7. The standard InChI is InChI=1S/C14H22ClN3O/c1-4-18(9-13(19)17-3)14(10(2)16)11-5-7-12(15)8-6-11/h5-8,10,14H,4,9,16H2,1-3H3,(H,17,19). The molecule has 106 valence electrons. The summed E-state index contributed by atoms with van der Waals surface area (Å²) in [5.41, 5.74) is 7.17. The number of rotatable bonds is 6. The van der Waals surface area contributed by atoms with Crippen LogP contribution in [-0.2, 0) is 4.79 Å².